The van der Waals surface area contributed by atoms with Crippen molar-refractivity contribution in [2.45, 2.75) is 96.5 Å². The van der Waals surface area contributed by atoms with Gasteiger partial charge in [0, 0.05) is 51.1 Å². The number of hydrogen-bond acceptors (Lipinski definition) is 12. The highest BCUT2D eigenvalue weighted by Crippen LogP contribution is 2.42. The Morgan fingerprint density at radius 3 is 0.778 bits per heavy atom. The Kier molecular flexibility index (Phi) is 27.7. The molecule has 30 heteroatoms. The number of ether oxygens (including phenoxy) is 6. The summed E-state index contributed by atoms with van der Waals surface area (Å²) >= 11 is 0. The van der Waals surface area contributed by atoms with Gasteiger partial charge in [-0.25, -0.2) is 93.7 Å². The van der Waals surface area contributed by atoms with E-state index >= 15 is 17.6 Å². The van der Waals surface area contributed by atoms with E-state index in [1.807, 2.05) is 13.8 Å². The predicted molar refractivity (Wildman–Crippen MR) is 350 cm³/mol. The molecule has 0 spiro atoms. The molecule has 0 radical (unpaired) electrons. The smallest absolute Gasteiger partial charge is 0.194 e. The van der Waals surface area contributed by atoms with Crippen LogP contribution >= 0.6 is 0 Å². The van der Waals surface area contributed by atoms with Crippen LogP contribution in [-0.2, 0) is 43.1 Å². The van der Waals surface area contributed by atoms with E-state index in [1.165, 1.54) is 0 Å². The van der Waals surface area contributed by atoms with Crippen molar-refractivity contribution in [1.29, 1.82) is 0 Å². The van der Waals surface area contributed by atoms with Gasteiger partial charge in [-0.15, -0.1) is 0 Å². The van der Waals surface area contributed by atoms with E-state index in [-0.39, 0.29) is 84.5 Å². The minimum Gasteiger partial charge on any atom is -0.348 e. The molecule has 0 saturated carbocycles. The summed E-state index contributed by atoms with van der Waals surface area (Å²) in [5, 5.41) is 28.2. The summed E-state index contributed by atoms with van der Waals surface area (Å²) in [6.07, 6.45) is -2.61. The molecule has 3 saturated heterocycles. The molecule has 576 valence electrons. The highest BCUT2D eigenvalue weighted by Gasteiger charge is 2.34. The Balaban J connectivity index is 0.000000173. The summed E-state index contributed by atoms with van der Waals surface area (Å²) in [7, 11) is 0. The molecule has 108 heavy (non-hydrogen) atoms. The third-order valence-electron chi connectivity index (χ3n) is 18.1. The van der Waals surface area contributed by atoms with E-state index in [0.29, 0.717) is 76.0 Å². The van der Waals surface area contributed by atoms with Crippen molar-refractivity contribution in [2.24, 2.45) is 17.8 Å². The Labute approximate surface area is 605 Å². The molecule has 3 atom stereocenters. The fraction of sp³-hybridized carbons (Fsp3) is 0.308. The summed E-state index contributed by atoms with van der Waals surface area (Å²) in [6, 6.07) is 18.4. The van der Waals surface area contributed by atoms with E-state index in [9.17, 15) is 77.2 Å². The number of rotatable bonds is 21. The molecule has 12 nitrogen and oxygen atoms in total. The molecule has 3 aliphatic rings. The zero-order valence-corrected chi connectivity index (χ0v) is 57.1. The lowest BCUT2D eigenvalue weighted by Crippen LogP contribution is -2.27. The van der Waals surface area contributed by atoms with Crippen molar-refractivity contribution < 1.29 is 138 Å². The van der Waals surface area contributed by atoms with E-state index < -0.39 is 159 Å². The first-order valence-corrected chi connectivity index (χ1v) is 33.6. The molecule has 12 rings (SSSR count). The SMILES string of the molecule is CCC1COC(c2cc(F)c(C(OO)c3ccc(-c4cc(F)c(F)c(F)c4)c(F)c3)c(F)c2)OC1.CCCC1COC(c2cc(F)c(C(OO)c3ccc(-c4cc(F)c(F)c(F)c4)c(F)c3)c(F)c2)OC1.CCCCC1COC(c2cc(F)c(C(OO)c3ccc(-c4cc(F)c(F)c(F)c4)c(F)c3)c(F)c2)OC1. The van der Waals surface area contributed by atoms with Gasteiger partial charge in [0.15, 0.2) is 71.2 Å². The van der Waals surface area contributed by atoms with E-state index in [2.05, 4.69) is 21.6 Å². The zero-order valence-electron chi connectivity index (χ0n) is 57.1. The fourth-order valence-corrected chi connectivity index (χ4v) is 12.4. The van der Waals surface area contributed by atoms with Gasteiger partial charge in [0.05, 0.1) is 56.3 Å². The molecule has 3 fully saturated rings. The molecule has 3 unspecified atom stereocenters. The van der Waals surface area contributed by atoms with Crippen molar-refractivity contribution in [3.8, 4) is 33.4 Å². The van der Waals surface area contributed by atoms with Crippen LogP contribution in [0.2, 0.25) is 0 Å². The standard InChI is InChI=1S/C27H24F6O4.C26H22F6O4.C25H20F6O4/c1-2-3-4-14-12-35-27(36-13-14)17-10-20(29)24(21(30)11-17)26(37-34)15-5-6-18(19(28)7-15)16-8-22(31)25(33)23(32)9-16;1-2-3-13-11-34-26(35-12-13)16-9-19(28)23(20(29)10-16)25(36-33)14-4-5-17(18(27)6-14)15-7-21(30)24(32)22(31)8-15;1-2-12-10-33-25(34-11-12)15-8-18(27)22(19(28)9-15)24(35-32)13-3-4-16(17(26)5-13)14-6-20(29)23(31)21(30)7-14/h5-11,14,26-27,34H,2-4,12-13H2,1H3;4-10,13,25-26,33H,2-3,11-12H2,1H3;3-9,12,24-25,32H,2,10-11H2,1H3. The minimum atomic E-state index is -1.77. The molecule has 3 N–H and O–H groups in total. The first-order chi connectivity index (χ1) is 51.7. The highest BCUT2D eigenvalue weighted by molar-refractivity contribution is 5.67. The van der Waals surface area contributed by atoms with Crippen LogP contribution in [0.25, 0.3) is 33.4 Å². The lowest BCUT2D eigenvalue weighted by atomic mass is 9.95. The van der Waals surface area contributed by atoms with Gasteiger partial charge in [-0.1, -0.05) is 76.4 Å². The van der Waals surface area contributed by atoms with Gasteiger partial charge in [-0.3, -0.25) is 15.8 Å². The molecule has 9 aromatic carbocycles. The van der Waals surface area contributed by atoms with Crippen LogP contribution in [0.3, 0.4) is 0 Å². The Morgan fingerprint density at radius 1 is 0.306 bits per heavy atom. The summed E-state index contributed by atoms with van der Waals surface area (Å²) in [5.41, 5.74) is -4.26. The zero-order chi connectivity index (χ0) is 77.9. The Hall–Kier alpha value is -8.76. The van der Waals surface area contributed by atoms with Crippen molar-refractivity contribution in [3.63, 3.8) is 0 Å². The molecule has 0 aliphatic carbocycles. The Morgan fingerprint density at radius 2 is 0.556 bits per heavy atom. The normalized spacial score (nSPS) is 18.9. The Bertz CT molecular complexity index is 4510. The average Bonchev–Trinajstić information content (AvgIpc) is 0.796. The van der Waals surface area contributed by atoms with Crippen LogP contribution < -0.4 is 0 Å². The maximum absolute atomic E-state index is 15.0. The minimum absolute atomic E-state index is 0.0804. The lowest BCUT2D eigenvalue weighted by Gasteiger charge is -2.30. The van der Waals surface area contributed by atoms with Crippen LogP contribution in [0.15, 0.2) is 127 Å². The molecule has 0 aromatic heterocycles. The molecular formula is C78H66F18O12. The van der Waals surface area contributed by atoms with Crippen molar-refractivity contribution in [2.75, 3.05) is 39.6 Å². The van der Waals surface area contributed by atoms with Gasteiger partial charge in [0.1, 0.15) is 70.7 Å². The topological polar surface area (TPSA) is 144 Å². The maximum atomic E-state index is 15.0. The van der Waals surface area contributed by atoms with Crippen LogP contribution in [-0.4, -0.2) is 55.4 Å². The number of unbranched alkanes of at least 4 members (excludes halogenated alkanes) is 1. The quantitative estimate of drug-likeness (QED) is 0.0273. The monoisotopic (exact) mass is 1540 g/mol. The lowest BCUT2D eigenvalue weighted by molar-refractivity contribution is -0.271. The number of halogens is 18. The molecule has 3 aliphatic heterocycles. The maximum Gasteiger partial charge on any atom is 0.194 e. The third kappa shape index (κ3) is 18.7. The number of hydrogen-bond donors (Lipinski definition) is 3. The van der Waals surface area contributed by atoms with E-state index in [1.54, 1.807) is 0 Å². The average molecular weight is 1540 g/mol. The van der Waals surface area contributed by atoms with E-state index in [0.717, 1.165) is 130 Å². The largest absolute Gasteiger partial charge is 0.348 e. The van der Waals surface area contributed by atoms with E-state index in [4.69, 9.17) is 28.4 Å². The summed E-state index contributed by atoms with van der Waals surface area (Å²) in [4.78, 5) is 12.9. The van der Waals surface area contributed by atoms with Gasteiger partial charge < -0.3 is 28.4 Å². The molecule has 0 bridgehead atoms. The highest BCUT2D eigenvalue weighted by atomic mass is 19.2. The molecule has 3 heterocycles. The third-order valence-corrected chi connectivity index (χ3v) is 18.1. The fourth-order valence-electron chi connectivity index (χ4n) is 12.4. The van der Waals surface area contributed by atoms with Crippen molar-refractivity contribution >= 4 is 0 Å². The molecule has 0 amide bonds. The van der Waals surface area contributed by atoms with Crippen molar-refractivity contribution in [1.82, 2.24) is 0 Å². The number of benzene rings is 9. The first kappa shape index (κ1) is 81.8. The van der Waals surface area contributed by atoms with Crippen molar-refractivity contribution in [3.05, 3.63) is 282 Å². The second-order valence-electron chi connectivity index (χ2n) is 25.6. The summed E-state index contributed by atoms with van der Waals surface area (Å²) in [5.74, 6) is -23.4. The van der Waals surface area contributed by atoms with Gasteiger partial charge in [0.25, 0.3) is 0 Å². The second kappa shape index (κ2) is 36.6. The van der Waals surface area contributed by atoms with Gasteiger partial charge in [-0.05, 0) is 144 Å². The first-order valence-electron chi connectivity index (χ1n) is 33.6. The summed E-state index contributed by atoms with van der Waals surface area (Å²) in [6.45, 7) is 8.30. The van der Waals surface area contributed by atoms with Crippen LogP contribution in [0.5, 0.6) is 0 Å². The van der Waals surface area contributed by atoms with Gasteiger partial charge >= 0.3 is 0 Å². The molecular weight excluding hydrogens is 1470 g/mol. The van der Waals surface area contributed by atoms with Gasteiger partial charge in [-0.2, -0.15) is 0 Å². The molecule has 9 aromatic rings. The van der Waals surface area contributed by atoms with Gasteiger partial charge in [0.2, 0.25) is 0 Å². The van der Waals surface area contributed by atoms with Crippen LogP contribution in [0.1, 0.15) is 147 Å². The predicted octanol–water partition coefficient (Wildman–Crippen LogP) is 21.7. The van der Waals surface area contributed by atoms with Crippen LogP contribution in [0.4, 0.5) is 79.0 Å². The van der Waals surface area contributed by atoms with Crippen LogP contribution in [0, 0.1) is 122 Å². The second-order valence-corrected chi connectivity index (χ2v) is 25.6. The summed E-state index contributed by atoms with van der Waals surface area (Å²) < 4.78 is 289.